The van der Waals surface area contributed by atoms with E-state index in [9.17, 15) is 18.0 Å². The van der Waals surface area contributed by atoms with Crippen molar-refractivity contribution in [3.05, 3.63) is 28.8 Å². The Labute approximate surface area is 118 Å². The highest BCUT2D eigenvalue weighted by atomic mass is 35.5. The first-order chi connectivity index (χ1) is 9.25. The predicted octanol–water partition coefficient (Wildman–Crippen LogP) is 3.35. The lowest BCUT2D eigenvalue weighted by molar-refractivity contribution is -0.174. The number of anilines is 1. The standard InChI is InChI=1S/C13H13ClF3NO2/c1-2-18-10-4-3-8(14)5-7(10)6-9(12(19)20)11(18)13(15,16)17/h3-5,9,11H,2,6H2,1H3,(H,19,20). The van der Waals surface area contributed by atoms with Crippen LogP contribution < -0.4 is 4.90 Å². The third-order valence-corrected chi connectivity index (χ3v) is 3.74. The minimum Gasteiger partial charge on any atom is -0.481 e. The highest BCUT2D eigenvalue weighted by Gasteiger charge is 2.53. The Morgan fingerprint density at radius 2 is 2.15 bits per heavy atom. The van der Waals surface area contributed by atoms with Crippen LogP contribution in [0.3, 0.4) is 0 Å². The molecule has 1 heterocycles. The summed E-state index contributed by atoms with van der Waals surface area (Å²) in [5.41, 5.74) is 0.934. The van der Waals surface area contributed by atoms with E-state index in [4.69, 9.17) is 16.7 Å². The fraction of sp³-hybridized carbons (Fsp3) is 0.462. The Bertz CT molecular complexity index is 533. The molecular formula is C13H13ClF3NO2. The van der Waals surface area contributed by atoms with Crippen molar-refractivity contribution in [1.29, 1.82) is 0 Å². The van der Waals surface area contributed by atoms with Crippen molar-refractivity contribution in [2.75, 3.05) is 11.4 Å². The molecule has 110 valence electrons. The number of nitrogens with zero attached hydrogens (tertiary/aromatic N) is 1. The molecule has 0 amide bonds. The topological polar surface area (TPSA) is 40.5 Å². The van der Waals surface area contributed by atoms with Gasteiger partial charge < -0.3 is 10.0 Å². The molecule has 3 nitrogen and oxygen atoms in total. The average Bonchev–Trinajstić information content (AvgIpc) is 2.34. The highest BCUT2D eigenvalue weighted by Crippen LogP contribution is 2.41. The van der Waals surface area contributed by atoms with E-state index in [1.807, 2.05) is 0 Å². The van der Waals surface area contributed by atoms with Crippen LogP contribution in [0.2, 0.25) is 5.02 Å². The van der Waals surface area contributed by atoms with Crippen LogP contribution in [0.15, 0.2) is 18.2 Å². The third kappa shape index (κ3) is 2.57. The van der Waals surface area contributed by atoms with Crippen molar-refractivity contribution in [1.82, 2.24) is 0 Å². The molecule has 0 bridgehead atoms. The molecule has 1 aromatic carbocycles. The van der Waals surface area contributed by atoms with Gasteiger partial charge in [0.25, 0.3) is 0 Å². The summed E-state index contributed by atoms with van der Waals surface area (Å²) < 4.78 is 39.7. The van der Waals surface area contributed by atoms with Crippen LogP contribution in [-0.4, -0.2) is 29.8 Å². The number of fused-ring (bicyclic) bond motifs is 1. The summed E-state index contributed by atoms with van der Waals surface area (Å²) in [5, 5.41) is 9.50. The molecule has 2 rings (SSSR count). The van der Waals surface area contributed by atoms with Gasteiger partial charge in [-0.15, -0.1) is 0 Å². The molecule has 2 unspecified atom stereocenters. The molecule has 0 saturated carbocycles. The molecule has 1 aliphatic heterocycles. The van der Waals surface area contributed by atoms with E-state index < -0.39 is 24.1 Å². The number of aliphatic carboxylic acids is 1. The minimum absolute atomic E-state index is 0.0720. The largest absolute Gasteiger partial charge is 0.481 e. The number of hydrogen-bond donors (Lipinski definition) is 1. The molecule has 0 aromatic heterocycles. The van der Waals surface area contributed by atoms with Crippen molar-refractivity contribution in [3.63, 3.8) is 0 Å². The maximum Gasteiger partial charge on any atom is 0.409 e. The Balaban J connectivity index is 2.56. The Morgan fingerprint density at radius 1 is 1.50 bits per heavy atom. The second kappa shape index (κ2) is 5.16. The first-order valence-electron chi connectivity index (χ1n) is 6.10. The number of carbonyl (C=O) groups is 1. The van der Waals surface area contributed by atoms with E-state index in [1.54, 1.807) is 6.92 Å². The zero-order valence-corrected chi connectivity index (χ0v) is 11.4. The molecule has 7 heteroatoms. The van der Waals surface area contributed by atoms with Crippen molar-refractivity contribution in [3.8, 4) is 0 Å². The van der Waals surface area contributed by atoms with Crippen LogP contribution in [0.25, 0.3) is 0 Å². The van der Waals surface area contributed by atoms with Crippen LogP contribution in [0.4, 0.5) is 18.9 Å². The second-order valence-electron chi connectivity index (χ2n) is 4.69. The van der Waals surface area contributed by atoms with E-state index in [-0.39, 0.29) is 13.0 Å². The van der Waals surface area contributed by atoms with Gasteiger partial charge in [-0.2, -0.15) is 13.2 Å². The summed E-state index contributed by atoms with van der Waals surface area (Å²) >= 11 is 5.83. The lowest BCUT2D eigenvalue weighted by Gasteiger charge is -2.42. The lowest BCUT2D eigenvalue weighted by Crippen LogP contribution is -2.56. The number of hydrogen-bond acceptors (Lipinski definition) is 2. The second-order valence-corrected chi connectivity index (χ2v) is 5.13. The molecule has 0 aliphatic carbocycles. The molecule has 0 fully saturated rings. The summed E-state index contributed by atoms with van der Waals surface area (Å²) in [6.07, 6.45) is -4.78. The summed E-state index contributed by atoms with van der Waals surface area (Å²) in [4.78, 5) is 12.3. The summed E-state index contributed by atoms with van der Waals surface area (Å²) in [6, 6.07) is 2.54. The van der Waals surface area contributed by atoms with E-state index in [2.05, 4.69) is 0 Å². The van der Waals surface area contributed by atoms with Gasteiger partial charge in [0.2, 0.25) is 0 Å². The quantitative estimate of drug-likeness (QED) is 0.911. The van der Waals surface area contributed by atoms with Crippen LogP contribution in [0.1, 0.15) is 12.5 Å². The monoisotopic (exact) mass is 307 g/mol. The average molecular weight is 308 g/mol. The van der Waals surface area contributed by atoms with Crippen LogP contribution in [0, 0.1) is 5.92 Å². The van der Waals surface area contributed by atoms with Crippen molar-refractivity contribution in [2.45, 2.75) is 25.6 Å². The molecular weight excluding hydrogens is 295 g/mol. The van der Waals surface area contributed by atoms with Gasteiger partial charge >= 0.3 is 12.1 Å². The number of carboxylic acid groups (broad SMARTS) is 1. The lowest BCUT2D eigenvalue weighted by atomic mass is 9.85. The predicted molar refractivity (Wildman–Crippen MR) is 69.1 cm³/mol. The summed E-state index contributed by atoms with van der Waals surface area (Å²) in [6.45, 7) is 1.64. The first kappa shape index (κ1) is 15.0. The van der Waals surface area contributed by atoms with Crippen molar-refractivity contribution in [2.24, 2.45) is 5.92 Å². The van der Waals surface area contributed by atoms with Gasteiger partial charge in [0.15, 0.2) is 0 Å². The zero-order chi connectivity index (χ0) is 15.1. The normalized spacial score (nSPS) is 22.6. The van der Waals surface area contributed by atoms with Gasteiger partial charge in [-0.1, -0.05) is 11.6 Å². The third-order valence-electron chi connectivity index (χ3n) is 3.50. The van der Waals surface area contributed by atoms with Gasteiger partial charge in [0.1, 0.15) is 6.04 Å². The molecule has 2 atom stereocenters. The first-order valence-corrected chi connectivity index (χ1v) is 6.48. The molecule has 1 aliphatic rings. The SMILES string of the molecule is CCN1c2ccc(Cl)cc2CC(C(=O)O)C1C(F)(F)F. The van der Waals surface area contributed by atoms with Crippen molar-refractivity contribution < 1.29 is 23.1 Å². The fourth-order valence-corrected chi connectivity index (χ4v) is 2.90. The fourth-order valence-electron chi connectivity index (χ4n) is 2.71. The minimum atomic E-state index is -4.60. The van der Waals surface area contributed by atoms with Crippen LogP contribution in [0.5, 0.6) is 0 Å². The van der Waals surface area contributed by atoms with Gasteiger partial charge in [-0.3, -0.25) is 4.79 Å². The number of benzene rings is 1. The Morgan fingerprint density at radius 3 is 2.65 bits per heavy atom. The zero-order valence-electron chi connectivity index (χ0n) is 10.6. The van der Waals surface area contributed by atoms with Crippen LogP contribution in [-0.2, 0) is 11.2 Å². The number of alkyl halides is 3. The van der Waals surface area contributed by atoms with E-state index in [1.165, 1.54) is 18.2 Å². The molecule has 20 heavy (non-hydrogen) atoms. The maximum atomic E-state index is 13.2. The maximum absolute atomic E-state index is 13.2. The number of rotatable bonds is 2. The van der Waals surface area contributed by atoms with E-state index in [0.717, 1.165) is 4.90 Å². The van der Waals surface area contributed by atoms with Gasteiger partial charge in [0, 0.05) is 17.3 Å². The van der Waals surface area contributed by atoms with Gasteiger partial charge in [-0.05, 0) is 37.1 Å². The summed E-state index contributed by atoms with van der Waals surface area (Å²) in [5.74, 6) is -2.97. The van der Waals surface area contributed by atoms with Gasteiger partial charge in [0.05, 0.1) is 5.92 Å². The molecule has 0 saturated heterocycles. The van der Waals surface area contributed by atoms with E-state index in [0.29, 0.717) is 16.3 Å². The number of carboxylic acids is 1. The highest BCUT2D eigenvalue weighted by molar-refractivity contribution is 6.30. The molecule has 0 radical (unpaired) electrons. The van der Waals surface area contributed by atoms with Crippen LogP contribution >= 0.6 is 11.6 Å². The number of halogens is 4. The summed E-state index contributed by atoms with van der Waals surface area (Å²) in [7, 11) is 0. The Kier molecular flexibility index (Phi) is 3.86. The Hall–Kier alpha value is -1.43. The molecule has 1 aromatic rings. The molecule has 1 N–H and O–H groups in total. The van der Waals surface area contributed by atoms with Crippen molar-refractivity contribution >= 4 is 23.3 Å². The van der Waals surface area contributed by atoms with Gasteiger partial charge in [-0.25, -0.2) is 0 Å². The smallest absolute Gasteiger partial charge is 0.409 e. The van der Waals surface area contributed by atoms with E-state index >= 15 is 0 Å². The molecule has 0 spiro atoms.